The van der Waals surface area contributed by atoms with E-state index in [1.165, 1.54) is 0 Å². The molecule has 0 radical (unpaired) electrons. The van der Waals surface area contributed by atoms with Crippen LogP contribution in [0.1, 0.15) is 21.7 Å². The molecule has 0 unspecified atom stereocenters. The molecule has 1 aliphatic heterocycles. The van der Waals surface area contributed by atoms with Crippen molar-refractivity contribution >= 4 is 22.9 Å². The van der Waals surface area contributed by atoms with Gasteiger partial charge >= 0.3 is 0 Å². The summed E-state index contributed by atoms with van der Waals surface area (Å²) in [6.45, 7) is 2.52. The molecule has 1 aromatic carbocycles. The molecule has 1 aliphatic rings. The highest BCUT2D eigenvalue weighted by Crippen LogP contribution is 2.32. The van der Waals surface area contributed by atoms with Crippen molar-refractivity contribution in [2.75, 3.05) is 6.79 Å². The predicted octanol–water partition coefficient (Wildman–Crippen LogP) is 3.42. The van der Waals surface area contributed by atoms with Crippen LogP contribution in [0.25, 0.3) is 16.2 Å². The molecule has 140 valence electrons. The lowest BCUT2D eigenvalue weighted by atomic mass is 10.2. The summed E-state index contributed by atoms with van der Waals surface area (Å²) in [5.74, 6) is 1.18. The third-order valence-electron chi connectivity index (χ3n) is 4.50. The molecule has 0 saturated carbocycles. The fourth-order valence-corrected chi connectivity index (χ4v) is 3.79. The Kier molecular flexibility index (Phi) is 3.98. The van der Waals surface area contributed by atoms with Crippen LogP contribution in [-0.2, 0) is 6.54 Å². The molecular formula is C20H16N4O3S. The topological polar surface area (TPSA) is 77.8 Å². The van der Waals surface area contributed by atoms with Crippen LogP contribution in [0.15, 0.2) is 47.8 Å². The summed E-state index contributed by atoms with van der Waals surface area (Å²) in [6, 6.07) is 13.3. The number of hydrogen-bond donors (Lipinski definition) is 1. The summed E-state index contributed by atoms with van der Waals surface area (Å²) < 4.78 is 12.4. The Labute approximate surface area is 164 Å². The number of thiophene rings is 1. The molecule has 7 nitrogen and oxygen atoms in total. The number of nitrogens with one attached hydrogen (secondary N) is 1. The fraction of sp³-hybridized carbons (Fsp3) is 0.150. The average molecular weight is 392 g/mol. The first-order valence-corrected chi connectivity index (χ1v) is 9.63. The Hall–Kier alpha value is -3.39. The average Bonchev–Trinajstić information content (AvgIpc) is 3.45. The maximum atomic E-state index is 12.6. The molecule has 5 rings (SSSR count). The van der Waals surface area contributed by atoms with E-state index in [1.54, 1.807) is 21.9 Å². The van der Waals surface area contributed by atoms with Crippen LogP contribution in [-0.4, -0.2) is 27.3 Å². The van der Waals surface area contributed by atoms with Crippen molar-refractivity contribution in [1.29, 1.82) is 0 Å². The molecule has 8 heteroatoms. The van der Waals surface area contributed by atoms with Crippen LogP contribution in [0, 0.1) is 6.92 Å². The summed E-state index contributed by atoms with van der Waals surface area (Å²) in [7, 11) is 0. The molecular weight excluding hydrogens is 376 g/mol. The molecule has 0 fully saturated rings. The molecule has 0 atom stereocenters. The van der Waals surface area contributed by atoms with Crippen LogP contribution in [0.5, 0.6) is 11.5 Å². The highest BCUT2D eigenvalue weighted by Gasteiger charge is 2.16. The zero-order valence-corrected chi connectivity index (χ0v) is 15.8. The van der Waals surface area contributed by atoms with Gasteiger partial charge in [0, 0.05) is 18.3 Å². The molecule has 0 saturated heterocycles. The van der Waals surface area contributed by atoms with E-state index in [1.807, 2.05) is 48.7 Å². The monoisotopic (exact) mass is 392 g/mol. The number of carbonyl (C=O) groups excluding carboxylic acids is 1. The first kappa shape index (κ1) is 16.8. The van der Waals surface area contributed by atoms with Crippen molar-refractivity contribution in [3.8, 4) is 22.1 Å². The maximum Gasteiger partial charge on any atom is 0.270 e. The highest BCUT2D eigenvalue weighted by atomic mass is 32.1. The van der Waals surface area contributed by atoms with E-state index in [0.717, 1.165) is 27.6 Å². The van der Waals surface area contributed by atoms with Crippen molar-refractivity contribution in [2.24, 2.45) is 0 Å². The van der Waals surface area contributed by atoms with Gasteiger partial charge in [-0.3, -0.25) is 4.79 Å². The second-order valence-corrected chi connectivity index (χ2v) is 7.38. The van der Waals surface area contributed by atoms with Crippen molar-refractivity contribution in [2.45, 2.75) is 13.5 Å². The molecule has 28 heavy (non-hydrogen) atoms. The van der Waals surface area contributed by atoms with E-state index in [9.17, 15) is 4.79 Å². The van der Waals surface area contributed by atoms with Gasteiger partial charge in [0.25, 0.3) is 5.91 Å². The molecule has 4 aromatic rings. The number of aryl methyl sites for hydroxylation is 1. The predicted molar refractivity (Wildman–Crippen MR) is 105 cm³/mol. The van der Waals surface area contributed by atoms with Gasteiger partial charge in [0.15, 0.2) is 17.1 Å². The molecule has 0 bridgehead atoms. The summed E-state index contributed by atoms with van der Waals surface area (Å²) in [5.41, 5.74) is 3.64. The van der Waals surface area contributed by atoms with Crippen molar-refractivity contribution in [3.63, 3.8) is 0 Å². The Morgan fingerprint density at radius 1 is 1.21 bits per heavy atom. The Balaban J connectivity index is 1.37. The number of ether oxygens (including phenoxy) is 2. The Morgan fingerprint density at radius 3 is 2.96 bits per heavy atom. The molecule has 3 aromatic heterocycles. The Bertz CT molecular complexity index is 1180. The second-order valence-electron chi connectivity index (χ2n) is 6.43. The normalized spacial score (nSPS) is 12.5. The van der Waals surface area contributed by atoms with E-state index >= 15 is 0 Å². The van der Waals surface area contributed by atoms with Gasteiger partial charge in [0.2, 0.25) is 6.79 Å². The molecule has 4 heterocycles. The van der Waals surface area contributed by atoms with Gasteiger partial charge < -0.3 is 14.8 Å². The summed E-state index contributed by atoms with van der Waals surface area (Å²) in [6.07, 6.45) is 0. The SMILES string of the molecule is Cc1cc(C(=O)NCc2ccc3c(c2)OCO3)nc2cc(-c3cccs3)nn12. The summed E-state index contributed by atoms with van der Waals surface area (Å²) in [4.78, 5) is 18.2. The minimum Gasteiger partial charge on any atom is -0.454 e. The minimum atomic E-state index is -0.234. The van der Waals surface area contributed by atoms with E-state index in [4.69, 9.17) is 9.47 Å². The first-order chi connectivity index (χ1) is 13.7. The third-order valence-corrected chi connectivity index (χ3v) is 5.39. The van der Waals surface area contributed by atoms with E-state index in [2.05, 4.69) is 15.4 Å². The largest absolute Gasteiger partial charge is 0.454 e. The highest BCUT2D eigenvalue weighted by molar-refractivity contribution is 7.13. The van der Waals surface area contributed by atoms with Gasteiger partial charge in [-0.05, 0) is 42.1 Å². The van der Waals surface area contributed by atoms with Gasteiger partial charge in [0.05, 0.1) is 4.88 Å². The van der Waals surface area contributed by atoms with Gasteiger partial charge in [0.1, 0.15) is 11.4 Å². The van der Waals surface area contributed by atoms with Crippen molar-refractivity contribution in [1.82, 2.24) is 19.9 Å². The van der Waals surface area contributed by atoms with Crippen LogP contribution >= 0.6 is 11.3 Å². The number of rotatable bonds is 4. The van der Waals surface area contributed by atoms with Gasteiger partial charge in [-0.25, -0.2) is 9.50 Å². The number of fused-ring (bicyclic) bond motifs is 2. The summed E-state index contributed by atoms with van der Waals surface area (Å²) in [5, 5.41) is 9.50. The number of amides is 1. The number of benzene rings is 1. The van der Waals surface area contributed by atoms with Gasteiger partial charge in [-0.2, -0.15) is 5.10 Å². The zero-order valence-electron chi connectivity index (χ0n) is 15.0. The first-order valence-electron chi connectivity index (χ1n) is 8.75. The van der Waals surface area contributed by atoms with E-state index in [-0.39, 0.29) is 12.7 Å². The van der Waals surface area contributed by atoms with Gasteiger partial charge in [-0.15, -0.1) is 11.3 Å². The number of nitrogens with zero attached hydrogens (tertiary/aromatic N) is 3. The van der Waals surface area contributed by atoms with Crippen LogP contribution in [0.3, 0.4) is 0 Å². The number of hydrogen-bond acceptors (Lipinski definition) is 6. The quantitative estimate of drug-likeness (QED) is 0.576. The Morgan fingerprint density at radius 2 is 2.11 bits per heavy atom. The van der Waals surface area contributed by atoms with Crippen molar-refractivity contribution in [3.05, 3.63) is 64.8 Å². The van der Waals surface area contributed by atoms with Gasteiger partial charge in [-0.1, -0.05) is 12.1 Å². The second kappa shape index (κ2) is 6.65. The zero-order chi connectivity index (χ0) is 19.1. The van der Waals surface area contributed by atoms with Crippen LogP contribution in [0.4, 0.5) is 0 Å². The number of carbonyl (C=O) groups is 1. The lowest BCUT2D eigenvalue weighted by Crippen LogP contribution is -2.24. The minimum absolute atomic E-state index is 0.229. The van der Waals surface area contributed by atoms with E-state index < -0.39 is 0 Å². The fourth-order valence-electron chi connectivity index (χ4n) is 3.11. The maximum absolute atomic E-state index is 12.6. The van der Waals surface area contributed by atoms with Crippen molar-refractivity contribution < 1.29 is 14.3 Å². The summed E-state index contributed by atoms with van der Waals surface area (Å²) >= 11 is 1.62. The van der Waals surface area contributed by atoms with Crippen LogP contribution < -0.4 is 14.8 Å². The smallest absolute Gasteiger partial charge is 0.270 e. The van der Waals surface area contributed by atoms with E-state index in [0.29, 0.717) is 23.6 Å². The molecule has 1 N–H and O–H groups in total. The lowest BCUT2D eigenvalue weighted by Gasteiger charge is -2.07. The standard InChI is InChI=1S/C20H16N4O3S/c1-12-7-15(22-19-9-14(23-24(12)19)18-3-2-6-28-18)20(25)21-10-13-4-5-16-17(8-13)27-11-26-16/h2-9H,10-11H2,1H3,(H,21,25). The molecule has 1 amide bonds. The third kappa shape index (κ3) is 2.97. The molecule has 0 spiro atoms. The van der Waals surface area contributed by atoms with Crippen LogP contribution in [0.2, 0.25) is 0 Å². The lowest BCUT2D eigenvalue weighted by molar-refractivity contribution is 0.0946. The molecule has 0 aliphatic carbocycles. The number of aromatic nitrogens is 3.